The van der Waals surface area contributed by atoms with E-state index in [2.05, 4.69) is 9.88 Å². The van der Waals surface area contributed by atoms with Crippen LogP contribution in [0.3, 0.4) is 0 Å². The number of anilines is 1. The van der Waals surface area contributed by atoms with Crippen molar-refractivity contribution in [2.75, 3.05) is 39.2 Å². The summed E-state index contributed by atoms with van der Waals surface area (Å²) in [5, 5.41) is 0.696. The van der Waals surface area contributed by atoms with Crippen molar-refractivity contribution in [2.24, 2.45) is 0 Å². The number of nitrogens with zero attached hydrogens (tertiary/aromatic N) is 3. The van der Waals surface area contributed by atoms with Crippen LogP contribution in [0.4, 0.5) is 5.13 Å². The third-order valence-electron chi connectivity index (χ3n) is 3.83. The summed E-state index contributed by atoms with van der Waals surface area (Å²) in [4.78, 5) is 22.2. The molecule has 1 aromatic carbocycles. The highest BCUT2D eigenvalue weighted by molar-refractivity contribution is 7.22. The monoisotopic (exact) mass is 445 g/mol. The molecule has 0 unspecified atom stereocenters. The third-order valence-corrected chi connectivity index (χ3v) is 6.11. The quantitative estimate of drug-likeness (QED) is 0.510. The number of thiazole rings is 1. The van der Waals surface area contributed by atoms with Gasteiger partial charge in [-0.3, -0.25) is 9.69 Å². The van der Waals surface area contributed by atoms with Gasteiger partial charge < -0.3 is 9.64 Å². The molecule has 0 aliphatic carbocycles. The van der Waals surface area contributed by atoms with Gasteiger partial charge in [-0.15, -0.1) is 23.7 Å². The van der Waals surface area contributed by atoms with Crippen LogP contribution in [0.5, 0.6) is 5.75 Å². The molecule has 0 aliphatic rings. The second-order valence-corrected chi connectivity index (χ2v) is 8.77. The summed E-state index contributed by atoms with van der Waals surface area (Å²) in [5.74, 6) is 0.691. The van der Waals surface area contributed by atoms with Crippen LogP contribution in [0.1, 0.15) is 16.1 Å². The molecule has 1 amide bonds. The summed E-state index contributed by atoms with van der Waals surface area (Å²) in [7, 11) is 5.68. The molecule has 0 aliphatic heterocycles. The van der Waals surface area contributed by atoms with Crippen LogP contribution in [0.25, 0.3) is 10.2 Å². The van der Waals surface area contributed by atoms with E-state index in [4.69, 9.17) is 16.3 Å². The van der Waals surface area contributed by atoms with Gasteiger partial charge in [0.15, 0.2) is 5.13 Å². The molecule has 0 fully saturated rings. The molecular weight excluding hydrogens is 425 g/mol. The number of thiophene rings is 1. The number of fused-ring (bicyclic) bond motifs is 1. The van der Waals surface area contributed by atoms with Gasteiger partial charge in [0.05, 0.1) is 26.5 Å². The van der Waals surface area contributed by atoms with Crippen molar-refractivity contribution >= 4 is 67.9 Å². The number of amides is 1. The van der Waals surface area contributed by atoms with Gasteiger partial charge in [-0.1, -0.05) is 22.9 Å². The fraction of sp³-hybridized carbons (Fsp3) is 0.333. The number of hydrogen-bond donors (Lipinski definition) is 0. The molecular formula is C18H21Cl2N3O2S2. The van der Waals surface area contributed by atoms with Gasteiger partial charge in [-0.2, -0.15) is 0 Å². The molecule has 27 heavy (non-hydrogen) atoms. The standard InChI is InChI=1S/C18H20ClN3O2S2.ClH/c1-21(2)9-4-10-22(17(23)15-7-8-16(19)25-15)18-20-13-11-12(24-3)5-6-14(13)26-18;/h5-8,11H,4,9-10H2,1-3H3;1H. The maximum atomic E-state index is 13.0. The van der Waals surface area contributed by atoms with Gasteiger partial charge in [-0.05, 0) is 51.3 Å². The topological polar surface area (TPSA) is 45.7 Å². The molecule has 5 nitrogen and oxygen atoms in total. The van der Waals surface area contributed by atoms with E-state index in [0.29, 0.717) is 20.9 Å². The minimum Gasteiger partial charge on any atom is -0.497 e. The largest absolute Gasteiger partial charge is 0.497 e. The average molecular weight is 446 g/mol. The third kappa shape index (κ3) is 5.33. The first kappa shape index (κ1) is 21.9. The fourth-order valence-corrected chi connectivity index (χ4v) is 4.49. The number of benzene rings is 1. The number of halogens is 2. The van der Waals surface area contributed by atoms with Crippen LogP contribution in [0.15, 0.2) is 30.3 Å². The highest BCUT2D eigenvalue weighted by Crippen LogP contribution is 2.33. The second-order valence-electron chi connectivity index (χ2n) is 6.05. The van der Waals surface area contributed by atoms with Crippen LogP contribution in [-0.2, 0) is 0 Å². The van der Waals surface area contributed by atoms with Crippen molar-refractivity contribution in [1.29, 1.82) is 0 Å². The van der Waals surface area contributed by atoms with E-state index < -0.39 is 0 Å². The SMILES string of the molecule is COc1ccc2sc(N(CCCN(C)C)C(=O)c3ccc(Cl)s3)nc2c1.Cl. The zero-order valence-electron chi connectivity index (χ0n) is 15.3. The predicted octanol–water partition coefficient (Wildman–Crippen LogP) is 5.04. The number of ether oxygens (including phenoxy) is 1. The summed E-state index contributed by atoms with van der Waals surface area (Å²) in [5.41, 5.74) is 0.832. The minimum absolute atomic E-state index is 0. The van der Waals surface area contributed by atoms with Crippen LogP contribution in [-0.4, -0.2) is 50.1 Å². The Balaban J connectivity index is 0.00000261. The Morgan fingerprint density at radius 1 is 1.19 bits per heavy atom. The van der Waals surface area contributed by atoms with Gasteiger partial charge in [0.1, 0.15) is 5.75 Å². The van der Waals surface area contributed by atoms with Crippen LogP contribution in [0, 0.1) is 0 Å². The zero-order chi connectivity index (χ0) is 18.7. The number of carbonyl (C=O) groups is 1. The highest BCUT2D eigenvalue weighted by Gasteiger charge is 2.22. The van der Waals surface area contributed by atoms with Crippen molar-refractivity contribution < 1.29 is 9.53 Å². The summed E-state index contributed by atoms with van der Waals surface area (Å²) in [6.45, 7) is 1.50. The van der Waals surface area contributed by atoms with Crippen molar-refractivity contribution in [3.63, 3.8) is 0 Å². The molecule has 146 valence electrons. The molecule has 2 heterocycles. The molecule has 0 saturated heterocycles. The Bertz CT molecular complexity index is 911. The van der Waals surface area contributed by atoms with Crippen molar-refractivity contribution in [1.82, 2.24) is 9.88 Å². The lowest BCUT2D eigenvalue weighted by molar-refractivity contribution is 0.0990. The lowest BCUT2D eigenvalue weighted by Crippen LogP contribution is -2.32. The fourth-order valence-electron chi connectivity index (χ4n) is 2.53. The molecule has 0 atom stereocenters. The van der Waals surface area contributed by atoms with Gasteiger partial charge >= 0.3 is 0 Å². The molecule has 0 radical (unpaired) electrons. The van der Waals surface area contributed by atoms with E-state index in [1.807, 2.05) is 32.3 Å². The molecule has 3 rings (SSSR count). The van der Waals surface area contributed by atoms with Gasteiger partial charge in [0.2, 0.25) is 0 Å². The number of carbonyl (C=O) groups excluding carboxylic acids is 1. The molecule has 2 aromatic heterocycles. The van der Waals surface area contributed by atoms with Crippen LogP contribution < -0.4 is 9.64 Å². The van der Waals surface area contributed by atoms with E-state index in [1.54, 1.807) is 24.1 Å². The highest BCUT2D eigenvalue weighted by atomic mass is 35.5. The lowest BCUT2D eigenvalue weighted by Gasteiger charge is -2.20. The predicted molar refractivity (Wildman–Crippen MR) is 118 cm³/mol. The van der Waals surface area contributed by atoms with Crippen LogP contribution in [0.2, 0.25) is 4.34 Å². The average Bonchev–Trinajstić information content (AvgIpc) is 3.23. The number of rotatable bonds is 7. The Hall–Kier alpha value is -1.38. The summed E-state index contributed by atoms with van der Waals surface area (Å²) in [6, 6.07) is 9.28. The molecule has 9 heteroatoms. The maximum absolute atomic E-state index is 13.0. The first-order valence-corrected chi connectivity index (χ1v) is 10.2. The van der Waals surface area contributed by atoms with Gasteiger partial charge in [-0.25, -0.2) is 4.98 Å². The van der Waals surface area contributed by atoms with E-state index in [0.717, 1.165) is 28.9 Å². The Morgan fingerprint density at radius 3 is 2.59 bits per heavy atom. The molecule has 3 aromatic rings. The van der Waals surface area contributed by atoms with Crippen molar-refractivity contribution in [3.05, 3.63) is 39.5 Å². The Morgan fingerprint density at radius 2 is 1.96 bits per heavy atom. The van der Waals surface area contributed by atoms with Crippen LogP contribution >= 0.6 is 46.7 Å². The maximum Gasteiger partial charge on any atom is 0.270 e. The normalized spacial score (nSPS) is 10.9. The first-order chi connectivity index (χ1) is 12.5. The number of aromatic nitrogens is 1. The molecule has 0 spiro atoms. The van der Waals surface area contributed by atoms with E-state index in [1.165, 1.54) is 22.7 Å². The zero-order valence-corrected chi connectivity index (χ0v) is 18.5. The summed E-state index contributed by atoms with van der Waals surface area (Å²) >= 11 is 8.81. The van der Waals surface area contributed by atoms with E-state index in [9.17, 15) is 4.79 Å². The minimum atomic E-state index is -0.0633. The van der Waals surface area contributed by atoms with Crippen molar-refractivity contribution in [2.45, 2.75) is 6.42 Å². The first-order valence-electron chi connectivity index (χ1n) is 8.14. The number of methoxy groups -OCH3 is 1. The smallest absolute Gasteiger partial charge is 0.270 e. The van der Waals surface area contributed by atoms with Crippen molar-refractivity contribution in [3.8, 4) is 5.75 Å². The second kappa shape index (κ2) is 9.71. The Kier molecular flexibility index (Phi) is 7.88. The van der Waals surface area contributed by atoms with Gasteiger partial charge in [0.25, 0.3) is 5.91 Å². The Labute approximate surface area is 177 Å². The number of hydrogen-bond acceptors (Lipinski definition) is 6. The molecule has 0 N–H and O–H groups in total. The van der Waals surface area contributed by atoms with Gasteiger partial charge in [0, 0.05) is 12.6 Å². The van der Waals surface area contributed by atoms with E-state index in [-0.39, 0.29) is 18.3 Å². The molecule has 0 bridgehead atoms. The summed E-state index contributed by atoms with van der Waals surface area (Å²) < 4.78 is 6.90. The lowest BCUT2D eigenvalue weighted by atomic mass is 10.3. The summed E-state index contributed by atoms with van der Waals surface area (Å²) in [6.07, 6.45) is 0.858. The molecule has 0 saturated carbocycles. The van der Waals surface area contributed by atoms with E-state index >= 15 is 0 Å².